The monoisotopic (exact) mass is 219 g/mol. The molecule has 15 heavy (non-hydrogen) atoms. The Kier molecular flexibility index (Phi) is 6.59. The summed E-state index contributed by atoms with van der Waals surface area (Å²) < 4.78 is 0. The van der Waals surface area contributed by atoms with E-state index in [2.05, 4.69) is 10.0 Å². The van der Waals surface area contributed by atoms with Gasteiger partial charge in [0.25, 0.3) is 0 Å². The van der Waals surface area contributed by atoms with Crippen LogP contribution < -0.4 is 0 Å². The van der Waals surface area contributed by atoms with Gasteiger partial charge in [0.15, 0.2) is 6.29 Å². The van der Waals surface area contributed by atoms with Crippen LogP contribution in [-0.4, -0.2) is 57.7 Å². The van der Waals surface area contributed by atoms with Gasteiger partial charge < -0.3 is 25.2 Å². The normalized spacial score (nSPS) is 18.4. The Labute approximate surface area is 85.4 Å². The second-order valence-electron chi connectivity index (χ2n) is 2.92. The number of azide groups is 1. The minimum absolute atomic E-state index is 0.0496. The van der Waals surface area contributed by atoms with Crippen molar-refractivity contribution in [1.29, 1.82) is 0 Å². The van der Waals surface area contributed by atoms with E-state index in [-0.39, 0.29) is 19.3 Å². The molecule has 0 bridgehead atoms. The first-order valence-corrected chi connectivity index (χ1v) is 4.23. The fraction of sp³-hybridized carbons (Fsp3) is 0.857. The molecule has 0 aromatic rings. The molecule has 4 N–H and O–H groups in total. The van der Waals surface area contributed by atoms with Crippen molar-refractivity contribution in [2.24, 2.45) is 5.11 Å². The molecule has 0 aromatic carbocycles. The summed E-state index contributed by atoms with van der Waals surface area (Å²) in [6, 6.07) is 0. The quantitative estimate of drug-likeness (QED) is 0.175. The molecule has 0 rings (SSSR count). The van der Waals surface area contributed by atoms with Crippen LogP contribution in [0, 0.1) is 0 Å². The standard InChI is InChI=1S/C7H13N3O5/c8-10-9-2-1-4(12)6(14)7(15)5(13)3-11/h3-7,12-15H,1-2H2/t4?,5-,6-,7+/m1/s1. The lowest BCUT2D eigenvalue weighted by molar-refractivity contribution is -0.133. The van der Waals surface area contributed by atoms with E-state index in [0.717, 1.165) is 0 Å². The van der Waals surface area contributed by atoms with E-state index in [4.69, 9.17) is 15.7 Å². The average Bonchev–Trinajstić information content (AvgIpc) is 2.26. The number of aliphatic hydroxyl groups excluding tert-OH is 4. The molecule has 0 aliphatic heterocycles. The predicted octanol–water partition coefficient (Wildman–Crippen LogP) is -1.67. The second-order valence-corrected chi connectivity index (χ2v) is 2.92. The van der Waals surface area contributed by atoms with Crippen molar-refractivity contribution in [1.82, 2.24) is 0 Å². The molecule has 0 radical (unpaired) electrons. The molecule has 0 fully saturated rings. The van der Waals surface area contributed by atoms with Crippen LogP contribution in [0.2, 0.25) is 0 Å². The third kappa shape index (κ3) is 4.73. The largest absolute Gasteiger partial charge is 0.390 e. The van der Waals surface area contributed by atoms with Crippen LogP contribution in [0.4, 0.5) is 0 Å². The minimum Gasteiger partial charge on any atom is -0.390 e. The van der Waals surface area contributed by atoms with E-state index in [0.29, 0.717) is 0 Å². The molecule has 0 aromatic heterocycles. The lowest BCUT2D eigenvalue weighted by Crippen LogP contribution is -2.45. The van der Waals surface area contributed by atoms with Crippen molar-refractivity contribution in [3.63, 3.8) is 0 Å². The summed E-state index contributed by atoms with van der Waals surface area (Å²) >= 11 is 0. The third-order valence-electron chi connectivity index (χ3n) is 1.82. The smallest absolute Gasteiger partial charge is 0.151 e. The van der Waals surface area contributed by atoms with Crippen LogP contribution in [0.15, 0.2) is 5.11 Å². The van der Waals surface area contributed by atoms with Gasteiger partial charge >= 0.3 is 0 Å². The number of carbonyl (C=O) groups is 1. The zero-order valence-electron chi connectivity index (χ0n) is 7.84. The van der Waals surface area contributed by atoms with Gasteiger partial charge in [-0.05, 0) is 12.0 Å². The Balaban J connectivity index is 4.11. The van der Waals surface area contributed by atoms with E-state index in [9.17, 15) is 15.0 Å². The van der Waals surface area contributed by atoms with Gasteiger partial charge in [-0.15, -0.1) is 0 Å². The van der Waals surface area contributed by atoms with Gasteiger partial charge in [0.05, 0.1) is 6.10 Å². The molecule has 0 aliphatic carbocycles. The zero-order chi connectivity index (χ0) is 11.8. The van der Waals surface area contributed by atoms with Gasteiger partial charge in [-0.1, -0.05) is 5.11 Å². The molecule has 8 nitrogen and oxygen atoms in total. The molecule has 4 atom stereocenters. The molecule has 0 saturated heterocycles. The van der Waals surface area contributed by atoms with Crippen LogP contribution in [0.5, 0.6) is 0 Å². The fourth-order valence-electron chi connectivity index (χ4n) is 0.916. The van der Waals surface area contributed by atoms with Crippen molar-refractivity contribution in [2.45, 2.75) is 30.8 Å². The first-order chi connectivity index (χ1) is 7.04. The maximum absolute atomic E-state index is 10.1. The van der Waals surface area contributed by atoms with Crippen LogP contribution in [0.25, 0.3) is 10.4 Å². The Hall–Kier alpha value is -1.18. The van der Waals surface area contributed by atoms with Gasteiger partial charge in [0.1, 0.15) is 18.3 Å². The molecule has 8 heteroatoms. The number of aldehydes is 1. The summed E-state index contributed by atoms with van der Waals surface area (Å²) in [5.41, 5.74) is 7.93. The molecular weight excluding hydrogens is 206 g/mol. The minimum atomic E-state index is -1.76. The Morgan fingerprint density at radius 3 is 2.33 bits per heavy atom. The maximum Gasteiger partial charge on any atom is 0.151 e. The SMILES string of the molecule is [N-]=[N+]=NCCC(O)[C@@H](O)[C@@H](O)[C@H](O)C=O. The lowest BCUT2D eigenvalue weighted by Gasteiger charge is -2.23. The highest BCUT2D eigenvalue weighted by Crippen LogP contribution is 2.07. The molecule has 0 spiro atoms. The van der Waals surface area contributed by atoms with Crippen LogP contribution in [-0.2, 0) is 4.79 Å². The number of aliphatic hydroxyl groups is 4. The van der Waals surface area contributed by atoms with E-state index in [1.54, 1.807) is 0 Å². The number of hydrogen-bond acceptors (Lipinski definition) is 6. The maximum atomic E-state index is 10.1. The molecule has 1 unspecified atom stereocenters. The van der Waals surface area contributed by atoms with Crippen molar-refractivity contribution in [2.75, 3.05) is 6.54 Å². The summed E-state index contributed by atoms with van der Waals surface area (Å²) in [4.78, 5) is 12.5. The topological polar surface area (TPSA) is 147 Å². The molecule has 0 aliphatic rings. The van der Waals surface area contributed by atoms with Gasteiger partial charge in [0, 0.05) is 11.5 Å². The van der Waals surface area contributed by atoms with Crippen molar-refractivity contribution < 1.29 is 25.2 Å². The van der Waals surface area contributed by atoms with Crippen LogP contribution in [0.3, 0.4) is 0 Å². The number of hydrogen-bond donors (Lipinski definition) is 4. The zero-order valence-corrected chi connectivity index (χ0v) is 7.84. The van der Waals surface area contributed by atoms with Crippen LogP contribution in [0.1, 0.15) is 6.42 Å². The van der Waals surface area contributed by atoms with Crippen molar-refractivity contribution in [3.05, 3.63) is 10.4 Å². The molecule has 86 valence electrons. The Bertz CT molecular complexity index is 243. The number of rotatable bonds is 7. The average molecular weight is 219 g/mol. The summed E-state index contributed by atoms with van der Waals surface area (Å²) in [5.74, 6) is 0. The predicted molar refractivity (Wildman–Crippen MR) is 48.7 cm³/mol. The lowest BCUT2D eigenvalue weighted by atomic mass is 10.0. The second kappa shape index (κ2) is 7.16. The van der Waals surface area contributed by atoms with E-state index in [1.165, 1.54) is 0 Å². The highest BCUT2D eigenvalue weighted by Gasteiger charge is 2.29. The van der Waals surface area contributed by atoms with E-state index < -0.39 is 24.4 Å². The molecule has 0 amide bonds. The highest BCUT2D eigenvalue weighted by molar-refractivity contribution is 5.56. The molecule has 0 heterocycles. The van der Waals surface area contributed by atoms with Crippen molar-refractivity contribution in [3.8, 4) is 0 Å². The first-order valence-electron chi connectivity index (χ1n) is 4.23. The summed E-state index contributed by atoms with van der Waals surface area (Å²) in [5, 5.41) is 39.6. The van der Waals surface area contributed by atoms with Gasteiger partial charge in [-0.25, -0.2) is 0 Å². The number of nitrogens with zero attached hydrogens (tertiary/aromatic N) is 3. The Morgan fingerprint density at radius 2 is 1.87 bits per heavy atom. The van der Waals surface area contributed by atoms with Crippen molar-refractivity contribution >= 4 is 6.29 Å². The van der Waals surface area contributed by atoms with E-state index in [1.807, 2.05) is 0 Å². The molecule has 0 saturated carbocycles. The summed E-state index contributed by atoms with van der Waals surface area (Å²) in [7, 11) is 0. The highest BCUT2D eigenvalue weighted by atomic mass is 16.4. The summed E-state index contributed by atoms with van der Waals surface area (Å²) in [6.45, 7) is -0.0569. The summed E-state index contributed by atoms with van der Waals surface area (Å²) in [6.07, 6.45) is -6.58. The first kappa shape index (κ1) is 13.8. The van der Waals surface area contributed by atoms with Gasteiger partial charge in [-0.2, -0.15) is 0 Å². The van der Waals surface area contributed by atoms with Gasteiger partial charge in [-0.3, -0.25) is 0 Å². The van der Waals surface area contributed by atoms with Crippen LogP contribution >= 0.6 is 0 Å². The van der Waals surface area contributed by atoms with E-state index >= 15 is 0 Å². The Morgan fingerprint density at radius 1 is 1.27 bits per heavy atom. The molecular formula is C7H13N3O5. The number of carbonyl (C=O) groups excluding carboxylic acids is 1. The third-order valence-corrected chi connectivity index (χ3v) is 1.82. The van der Waals surface area contributed by atoms with Gasteiger partial charge in [0.2, 0.25) is 0 Å². The fourth-order valence-corrected chi connectivity index (χ4v) is 0.916.